The summed E-state index contributed by atoms with van der Waals surface area (Å²) in [7, 11) is 0. The molecule has 1 amide bonds. The number of fused-ring (bicyclic) bond motifs is 1. The lowest BCUT2D eigenvalue weighted by Crippen LogP contribution is -2.34. The van der Waals surface area contributed by atoms with Gasteiger partial charge in [0.2, 0.25) is 0 Å². The third-order valence-corrected chi connectivity index (χ3v) is 10.3. The molecule has 232 valence electrons. The van der Waals surface area contributed by atoms with Crippen LogP contribution < -0.4 is 5.32 Å². The van der Waals surface area contributed by atoms with E-state index in [-0.39, 0.29) is 25.4 Å². The van der Waals surface area contributed by atoms with E-state index in [2.05, 4.69) is 11.4 Å². The SMILES string of the molecule is O=C(NCc1ccccc1-c1ccc(C2OC(CSc3nc4ccccc4s3)CC(c3ccc(CO)cc3)O2)cc1)C(Cl)(Cl)Cl. The minimum Gasteiger partial charge on any atom is -0.392 e. The molecule has 0 aliphatic carbocycles. The highest BCUT2D eigenvalue weighted by molar-refractivity contribution is 8.01. The lowest BCUT2D eigenvalue weighted by atomic mass is 9.98. The minimum atomic E-state index is -2.03. The Bertz CT molecular complexity index is 1730. The predicted molar refractivity (Wildman–Crippen MR) is 183 cm³/mol. The monoisotopic (exact) mass is 698 g/mol. The first-order valence-electron chi connectivity index (χ1n) is 14.3. The van der Waals surface area contributed by atoms with Crippen LogP contribution >= 0.6 is 57.9 Å². The summed E-state index contributed by atoms with van der Waals surface area (Å²) in [4.78, 5) is 16.9. The number of halogens is 3. The standard InChI is InChI=1S/C34H29Cl3N2O4S2/c35-34(36,37)32(41)38-18-25-5-1-2-6-27(25)22-13-15-24(16-14-22)31-42-26(17-29(43-31)23-11-9-21(19-40)10-12-23)20-44-33-39-28-7-3-4-8-30(28)45-33/h1-16,26,29,31,40H,17-20H2,(H,38,41). The van der Waals surface area contributed by atoms with Gasteiger partial charge in [-0.3, -0.25) is 4.79 Å². The molecule has 2 heterocycles. The van der Waals surface area contributed by atoms with Crippen LogP contribution in [0.1, 0.15) is 41.1 Å². The number of ether oxygens (including phenoxy) is 2. The zero-order valence-corrected chi connectivity index (χ0v) is 27.8. The summed E-state index contributed by atoms with van der Waals surface area (Å²) in [6, 6.07) is 31.8. The van der Waals surface area contributed by atoms with Crippen LogP contribution in [0.25, 0.3) is 21.3 Å². The highest BCUT2D eigenvalue weighted by atomic mass is 35.6. The van der Waals surface area contributed by atoms with E-state index in [1.807, 2.05) is 91.0 Å². The molecule has 1 aromatic heterocycles. The molecule has 6 nitrogen and oxygen atoms in total. The lowest BCUT2D eigenvalue weighted by Gasteiger charge is -2.36. The molecule has 45 heavy (non-hydrogen) atoms. The van der Waals surface area contributed by atoms with Crippen molar-refractivity contribution < 1.29 is 19.4 Å². The van der Waals surface area contributed by atoms with Gasteiger partial charge in [0.1, 0.15) is 0 Å². The van der Waals surface area contributed by atoms with Gasteiger partial charge in [0.25, 0.3) is 9.70 Å². The number of hydrogen-bond acceptors (Lipinski definition) is 7. The Kier molecular flexibility index (Phi) is 10.3. The zero-order valence-electron chi connectivity index (χ0n) is 23.9. The van der Waals surface area contributed by atoms with Gasteiger partial charge in [0.15, 0.2) is 10.6 Å². The fourth-order valence-corrected chi connectivity index (χ4v) is 7.46. The number of amides is 1. The van der Waals surface area contributed by atoms with Gasteiger partial charge in [-0.15, -0.1) is 11.3 Å². The molecule has 2 N–H and O–H groups in total. The summed E-state index contributed by atoms with van der Waals surface area (Å²) in [5.41, 5.74) is 6.60. The molecule has 11 heteroatoms. The number of thioether (sulfide) groups is 1. The Morgan fingerprint density at radius 1 is 0.933 bits per heavy atom. The number of nitrogens with one attached hydrogen (secondary N) is 1. The van der Waals surface area contributed by atoms with Crippen LogP contribution in [-0.2, 0) is 27.4 Å². The number of alkyl halides is 3. The van der Waals surface area contributed by atoms with Gasteiger partial charge in [-0.2, -0.15) is 0 Å². The van der Waals surface area contributed by atoms with Crippen LogP contribution in [-0.4, -0.2) is 31.6 Å². The van der Waals surface area contributed by atoms with E-state index >= 15 is 0 Å². The molecule has 3 atom stereocenters. The molecule has 1 aliphatic rings. The average Bonchev–Trinajstić information content (AvgIpc) is 3.49. The van der Waals surface area contributed by atoms with E-state index in [9.17, 15) is 9.90 Å². The predicted octanol–water partition coefficient (Wildman–Crippen LogP) is 8.78. The smallest absolute Gasteiger partial charge is 0.272 e. The normalized spacial score (nSPS) is 18.6. The molecule has 1 fully saturated rings. The maximum absolute atomic E-state index is 12.1. The molecule has 1 saturated heterocycles. The Hall–Kier alpha value is -2.66. The minimum absolute atomic E-state index is 0.00623. The number of para-hydroxylation sites is 1. The summed E-state index contributed by atoms with van der Waals surface area (Å²) >= 11 is 20.6. The third kappa shape index (κ3) is 8.02. The maximum atomic E-state index is 12.1. The quantitative estimate of drug-likeness (QED) is 0.118. The summed E-state index contributed by atoms with van der Waals surface area (Å²) in [5.74, 6) is 0.0525. The number of aliphatic hydroxyl groups excluding tert-OH is 1. The van der Waals surface area contributed by atoms with E-state index < -0.39 is 16.0 Å². The van der Waals surface area contributed by atoms with Crippen LogP contribution in [0.5, 0.6) is 0 Å². The van der Waals surface area contributed by atoms with Crippen molar-refractivity contribution in [1.82, 2.24) is 10.3 Å². The largest absolute Gasteiger partial charge is 0.392 e. The van der Waals surface area contributed by atoms with Crippen molar-refractivity contribution in [3.8, 4) is 11.1 Å². The topological polar surface area (TPSA) is 80.7 Å². The molecule has 0 spiro atoms. The average molecular weight is 700 g/mol. The Labute approximate surface area is 284 Å². The van der Waals surface area contributed by atoms with Crippen LogP contribution in [0.4, 0.5) is 0 Å². The van der Waals surface area contributed by atoms with Crippen molar-refractivity contribution in [3.05, 3.63) is 119 Å². The third-order valence-electron chi connectivity index (χ3n) is 7.49. The number of nitrogens with zero attached hydrogens (tertiary/aromatic N) is 1. The van der Waals surface area contributed by atoms with Crippen molar-refractivity contribution in [1.29, 1.82) is 0 Å². The number of rotatable bonds is 9. The number of aliphatic hydroxyl groups is 1. The molecule has 5 aromatic rings. The van der Waals surface area contributed by atoms with E-state index in [1.54, 1.807) is 23.1 Å². The van der Waals surface area contributed by atoms with Crippen molar-refractivity contribution >= 4 is 74.0 Å². The molecule has 0 saturated carbocycles. The Morgan fingerprint density at radius 3 is 2.38 bits per heavy atom. The first-order chi connectivity index (χ1) is 21.8. The van der Waals surface area contributed by atoms with Crippen LogP contribution in [0, 0.1) is 0 Å². The van der Waals surface area contributed by atoms with Crippen LogP contribution in [0.15, 0.2) is 101 Å². The number of benzene rings is 4. The number of aromatic nitrogens is 1. The first-order valence-corrected chi connectivity index (χ1v) is 17.2. The molecule has 0 bridgehead atoms. The number of thiazole rings is 1. The van der Waals surface area contributed by atoms with Crippen molar-refractivity contribution in [2.75, 3.05) is 5.75 Å². The van der Waals surface area contributed by atoms with Gasteiger partial charge in [0.05, 0.1) is 29.0 Å². The van der Waals surface area contributed by atoms with E-state index in [0.29, 0.717) is 6.42 Å². The second kappa shape index (κ2) is 14.4. The molecular formula is C34H29Cl3N2O4S2. The Balaban J connectivity index is 1.20. The fraction of sp³-hybridized carbons (Fsp3) is 0.235. The number of carbonyl (C=O) groups excluding carboxylic acids is 1. The molecule has 1 aliphatic heterocycles. The van der Waals surface area contributed by atoms with Crippen molar-refractivity contribution in [2.45, 2.75) is 46.2 Å². The van der Waals surface area contributed by atoms with Crippen LogP contribution in [0.2, 0.25) is 0 Å². The van der Waals surface area contributed by atoms with Gasteiger partial charge in [0, 0.05) is 24.3 Å². The summed E-state index contributed by atoms with van der Waals surface area (Å²) in [6.45, 7) is 0.206. The highest BCUT2D eigenvalue weighted by Crippen LogP contribution is 2.41. The first kappa shape index (κ1) is 32.3. The molecule has 4 aromatic carbocycles. The number of carbonyl (C=O) groups is 1. The molecule has 3 unspecified atom stereocenters. The molecular weight excluding hydrogens is 671 g/mol. The summed E-state index contributed by atoms with van der Waals surface area (Å²) in [5, 5.41) is 12.2. The van der Waals surface area contributed by atoms with Crippen molar-refractivity contribution in [2.24, 2.45) is 0 Å². The second-order valence-corrected chi connectivity index (χ2v) is 15.1. The number of hydrogen-bond donors (Lipinski definition) is 2. The molecule has 0 radical (unpaired) electrons. The van der Waals surface area contributed by atoms with Gasteiger partial charge in [-0.25, -0.2) is 4.98 Å². The van der Waals surface area contributed by atoms with Gasteiger partial charge in [-0.05, 0) is 39.9 Å². The van der Waals surface area contributed by atoms with Gasteiger partial charge < -0.3 is 19.9 Å². The lowest BCUT2D eigenvalue weighted by molar-refractivity contribution is -0.245. The van der Waals surface area contributed by atoms with Gasteiger partial charge in [-0.1, -0.05) is 131 Å². The zero-order chi connectivity index (χ0) is 31.4. The Morgan fingerprint density at radius 2 is 1.64 bits per heavy atom. The van der Waals surface area contributed by atoms with Crippen molar-refractivity contribution in [3.63, 3.8) is 0 Å². The van der Waals surface area contributed by atoms with E-state index in [0.717, 1.165) is 49.0 Å². The van der Waals surface area contributed by atoms with E-state index in [4.69, 9.17) is 49.3 Å². The van der Waals surface area contributed by atoms with Gasteiger partial charge >= 0.3 is 0 Å². The highest BCUT2D eigenvalue weighted by Gasteiger charge is 2.33. The molecule has 6 rings (SSSR count). The second-order valence-electron chi connectivity index (χ2n) is 10.6. The van der Waals surface area contributed by atoms with Crippen LogP contribution in [0.3, 0.4) is 0 Å². The van der Waals surface area contributed by atoms with E-state index in [1.165, 1.54) is 4.70 Å². The summed E-state index contributed by atoms with van der Waals surface area (Å²) in [6.07, 6.45) is -0.141. The maximum Gasteiger partial charge on any atom is 0.272 e. The summed E-state index contributed by atoms with van der Waals surface area (Å²) < 4.78 is 13.2. The fourth-order valence-electron chi connectivity index (χ4n) is 5.15.